The molecule has 2 rings (SSSR count). The van der Waals surface area contributed by atoms with Gasteiger partial charge in [-0.15, -0.1) is 0 Å². The van der Waals surface area contributed by atoms with Crippen molar-refractivity contribution in [3.8, 4) is 0 Å². The number of amides is 2. The van der Waals surface area contributed by atoms with E-state index in [1.54, 1.807) is 11.0 Å². The normalized spacial score (nSPS) is 21.6. The number of nitrogens with zero attached hydrogens (tertiary/aromatic N) is 3. The van der Waals surface area contributed by atoms with Gasteiger partial charge in [0.15, 0.2) is 0 Å². The van der Waals surface area contributed by atoms with Crippen LogP contribution in [-0.4, -0.2) is 79.1 Å². The van der Waals surface area contributed by atoms with Gasteiger partial charge in [0.25, 0.3) is 0 Å². The quantitative estimate of drug-likeness (QED) is 0.558. The molecule has 112 valence electrons. The van der Waals surface area contributed by atoms with Crippen molar-refractivity contribution in [1.82, 2.24) is 14.7 Å². The molecular formula is C14H23N3O3. The summed E-state index contributed by atoms with van der Waals surface area (Å²) in [5, 5.41) is 0. The predicted octanol–water partition coefficient (Wildman–Crippen LogP) is 0.547. The Kier molecular flexibility index (Phi) is 5.40. The highest BCUT2D eigenvalue weighted by Crippen LogP contribution is 2.18. The first kappa shape index (κ1) is 14.8. The van der Waals surface area contributed by atoms with Gasteiger partial charge in [-0.2, -0.15) is 0 Å². The maximum atomic E-state index is 11.7. The van der Waals surface area contributed by atoms with E-state index in [0.717, 1.165) is 58.5 Å². The van der Waals surface area contributed by atoms with Crippen molar-refractivity contribution < 1.29 is 14.3 Å². The lowest BCUT2D eigenvalue weighted by Gasteiger charge is -2.41. The van der Waals surface area contributed by atoms with E-state index < -0.39 is 0 Å². The molecule has 2 aliphatic heterocycles. The standard InChI is InChI=1S/C14H23N3O3/c1-2-11-20-14(19)17-5-3-13(4-6-17)16-9-7-15(12-18)8-10-16/h2,12-13H,1,3-11H2. The van der Waals surface area contributed by atoms with Crippen LogP contribution in [0.3, 0.4) is 0 Å². The molecule has 0 aromatic carbocycles. The third kappa shape index (κ3) is 3.72. The zero-order chi connectivity index (χ0) is 14.4. The molecule has 0 aromatic rings. The molecule has 0 atom stereocenters. The molecular weight excluding hydrogens is 258 g/mol. The number of likely N-dealkylation sites (tertiary alicyclic amines) is 1. The molecule has 0 aliphatic carbocycles. The number of carbonyl (C=O) groups is 2. The second kappa shape index (κ2) is 7.28. The fourth-order valence-electron chi connectivity index (χ4n) is 2.84. The van der Waals surface area contributed by atoms with Crippen LogP contribution in [0.2, 0.25) is 0 Å². The van der Waals surface area contributed by atoms with Crippen LogP contribution in [0.5, 0.6) is 0 Å². The highest BCUT2D eigenvalue weighted by molar-refractivity contribution is 5.67. The van der Waals surface area contributed by atoms with Gasteiger partial charge < -0.3 is 14.5 Å². The highest BCUT2D eigenvalue weighted by Gasteiger charge is 2.29. The Labute approximate surface area is 119 Å². The van der Waals surface area contributed by atoms with Crippen molar-refractivity contribution in [2.24, 2.45) is 0 Å². The monoisotopic (exact) mass is 281 g/mol. The summed E-state index contributed by atoms with van der Waals surface area (Å²) in [5.41, 5.74) is 0. The molecule has 6 nitrogen and oxygen atoms in total. The molecule has 0 spiro atoms. The SMILES string of the molecule is C=CCOC(=O)N1CCC(N2CCN(C=O)CC2)CC1. The number of piperidine rings is 1. The minimum atomic E-state index is -0.242. The predicted molar refractivity (Wildman–Crippen MR) is 75.4 cm³/mol. The molecule has 2 heterocycles. The summed E-state index contributed by atoms with van der Waals surface area (Å²) >= 11 is 0. The van der Waals surface area contributed by atoms with Gasteiger partial charge in [0.1, 0.15) is 6.61 Å². The van der Waals surface area contributed by atoms with Crippen LogP contribution in [0.25, 0.3) is 0 Å². The average molecular weight is 281 g/mol. The van der Waals surface area contributed by atoms with Crippen LogP contribution >= 0.6 is 0 Å². The fourth-order valence-corrected chi connectivity index (χ4v) is 2.84. The third-order valence-electron chi connectivity index (χ3n) is 4.06. The molecule has 6 heteroatoms. The largest absolute Gasteiger partial charge is 0.445 e. The van der Waals surface area contributed by atoms with E-state index in [1.165, 1.54) is 0 Å². The van der Waals surface area contributed by atoms with Crippen LogP contribution in [0.4, 0.5) is 4.79 Å². The van der Waals surface area contributed by atoms with Crippen LogP contribution in [0.1, 0.15) is 12.8 Å². The summed E-state index contributed by atoms with van der Waals surface area (Å²) in [6, 6.07) is 0.521. The van der Waals surface area contributed by atoms with E-state index in [1.807, 2.05) is 4.90 Å². The molecule has 0 aromatic heterocycles. The van der Waals surface area contributed by atoms with E-state index in [-0.39, 0.29) is 12.7 Å². The smallest absolute Gasteiger partial charge is 0.410 e. The zero-order valence-electron chi connectivity index (χ0n) is 11.9. The van der Waals surface area contributed by atoms with E-state index in [9.17, 15) is 9.59 Å². The second-order valence-electron chi connectivity index (χ2n) is 5.26. The number of carbonyl (C=O) groups excluding carboxylic acids is 2. The molecule has 2 amide bonds. The fraction of sp³-hybridized carbons (Fsp3) is 0.714. The van der Waals surface area contributed by atoms with E-state index in [2.05, 4.69) is 11.5 Å². The van der Waals surface area contributed by atoms with E-state index >= 15 is 0 Å². The van der Waals surface area contributed by atoms with Crippen molar-refractivity contribution >= 4 is 12.5 Å². The van der Waals surface area contributed by atoms with Crippen molar-refractivity contribution in [3.05, 3.63) is 12.7 Å². The minimum Gasteiger partial charge on any atom is -0.445 e. The van der Waals surface area contributed by atoms with Crippen molar-refractivity contribution in [1.29, 1.82) is 0 Å². The van der Waals surface area contributed by atoms with Crippen molar-refractivity contribution in [2.45, 2.75) is 18.9 Å². The van der Waals surface area contributed by atoms with Crippen LogP contribution in [0, 0.1) is 0 Å². The Morgan fingerprint density at radius 3 is 2.35 bits per heavy atom. The molecule has 2 aliphatic rings. The van der Waals surface area contributed by atoms with E-state index in [4.69, 9.17) is 4.74 Å². The first-order valence-corrected chi connectivity index (χ1v) is 7.20. The van der Waals surface area contributed by atoms with Gasteiger partial charge in [0.05, 0.1) is 0 Å². The number of piperazine rings is 1. The Morgan fingerprint density at radius 1 is 1.15 bits per heavy atom. The molecule has 2 saturated heterocycles. The van der Waals surface area contributed by atoms with Gasteiger partial charge in [-0.05, 0) is 12.8 Å². The number of rotatable bonds is 4. The first-order valence-electron chi connectivity index (χ1n) is 7.20. The van der Waals surface area contributed by atoms with Gasteiger partial charge in [-0.25, -0.2) is 4.79 Å². The molecule has 2 fully saturated rings. The number of ether oxygens (including phenoxy) is 1. The summed E-state index contributed by atoms with van der Waals surface area (Å²) in [7, 11) is 0. The summed E-state index contributed by atoms with van der Waals surface area (Å²) < 4.78 is 5.05. The maximum absolute atomic E-state index is 11.7. The molecule has 0 N–H and O–H groups in total. The Bertz CT molecular complexity index is 346. The zero-order valence-corrected chi connectivity index (χ0v) is 11.9. The lowest BCUT2D eigenvalue weighted by atomic mass is 10.0. The van der Waals surface area contributed by atoms with Crippen LogP contribution in [-0.2, 0) is 9.53 Å². The average Bonchev–Trinajstić information content (AvgIpc) is 2.53. The summed E-state index contributed by atoms with van der Waals surface area (Å²) in [4.78, 5) is 28.4. The topological polar surface area (TPSA) is 53.1 Å². The number of hydrogen-bond donors (Lipinski definition) is 0. The summed E-state index contributed by atoms with van der Waals surface area (Å²) in [6.07, 6.45) is 4.22. The molecule has 0 saturated carbocycles. The van der Waals surface area contributed by atoms with Gasteiger partial charge in [-0.1, -0.05) is 12.7 Å². The minimum absolute atomic E-state index is 0.242. The van der Waals surface area contributed by atoms with Gasteiger partial charge in [0.2, 0.25) is 6.41 Å². The van der Waals surface area contributed by atoms with Crippen molar-refractivity contribution in [2.75, 3.05) is 45.9 Å². The highest BCUT2D eigenvalue weighted by atomic mass is 16.6. The maximum Gasteiger partial charge on any atom is 0.410 e. The summed E-state index contributed by atoms with van der Waals surface area (Å²) in [5.74, 6) is 0. The molecule has 0 unspecified atom stereocenters. The van der Waals surface area contributed by atoms with Crippen LogP contribution in [0.15, 0.2) is 12.7 Å². The Morgan fingerprint density at radius 2 is 1.80 bits per heavy atom. The molecule has 0 bridgehead atoms. The van der Waals surface area contributed by atoms with E-state index in [0.29, 0.717) is 6.04 Å². The number of hydrogen-bond acceptors (Lipinski definition) is 4. The second-order valence-corrected chi connectivity index (χ2v) is 5.26. The van der Waals surface area contributed by atoms with Crippen LogP contribution < -0.4 is 0 Å². The molecule has 0 radical (unpaired) electrons. The Balaban J connectivity index is 1.73. The molecule has 20 heavy (non-hydrogen) atoms. The summed E-state index contributed by atoms with van der Waals surface area (Å²) in [6.45, 7) is 8.78. The lowest BCUT2D eigenvalue weighted by molar-refractivity contribution is -0.120. The van der Waals surface area contributed by atoms with Gasteiger partial charge in [-0.3, -0.25) is 9.69 Å². The third-order valence-corrected chi connectivity index (χ3v) is 4.06. The Hall–Kier alpha value is -1.56. The van der Waals surface area contributed by atoms with Gasteiger partial charge in [0, 0.05) is 45.3 Å². The van der Waals surface area contributed by atoms with Crippen molar-refractivity contribution in [3.63, 3.8) is 0 Å². The first-order chi connectivity index (χ1) is 9.74. The lowest BCUT2D eigenvalue weighted by Crippen LogP contribution is -2.53. The van der Waals surface area contributed by atoms with Gasteiger partial charge >= 0.3 is 6.09 Å².